The monoisotopic (exact) mass is 364 g/mol. The first kappa shape index (κ1) is 18.7. The second-order valence-electron chi connectivity index (χ2n) is 7.00. The van der Waals surface area contributed by atoms with Gasteiger partial charge in [0.15, 0.2) is 0 Å². The van der Waals surface area contributed by atoms with Crippen LogP contribution in [0, 0.1) is 17.2 Å². The lowest BCUT2D eigenvalue weighted by Gasteiger charge is -2.35. The van der Waals surface area contributed by atoms with E-state index in [0.717, 1.165) is 5.75 Å². The number of anilines is 1. The number of aromatic nitrogens is 1. The van der Waals surface area contributed by atoms with Crippen molar-refractivity contribution >= 4 is 11.7 Å². The highest BCUT2D eigenvalue weighted by Gasteiger charge is 2.24. The second kappa shape index (κ2) is 8.54. The number of nitriles is 1. The molecule has 140 valence electrons. The number of hydrogen-bond donors (Lipinski definition) is 0. The molecule has 0 saturated carbocycles. The second-order valence-corrected chi connectivity index (χ2v) is 7.00. The van der Waals surface area contributed by atoms with Gasteiger partial charge in [-0.15, -0.1) is 0 Å². The van der Waals surface area contributed by atoms with Crippen LogP contribution in [-0.2, 0) is 0 Å². The van der Waals surface area contributed by atoms with Gasteiger partial charge in [-0.3, -0.25) is 4.79 Å². The normalized spacial score (nSPS) is 14.1. The summed E-state index contributed by atoms with van der Waals surface area (Å²) in [5, 5.41) is 9.25. The molecule has 0 N–H and O–H groups in total. The first-order valence-corrected chi connectivity index (χ1v) is 9.20. The minimum absolute atomic E-state index is 0.00572. The third-order valence-electron chi connectivity index (χ3n) is 4.44. The lowest BCUT2D eigenvalue weighted by Crippen LogP contribution is -2.49. The van der Waals surface area contributed by atoms with Gasteiger partial charge in [-0.1, -0.05) is 19.9 Å². The third-order valence-corrected chi connectivity index (χ3v) is 4.44. The van der Waals surface area contributed by atoms with Gasteiger partial charge < -0.3 is 14.5 Å². The number of nitrogens with zero attached hydrogens (tertiary/aromatic N) is 4. The molecule has 1 aliphatic rings. The van der Waals surface area contributed by atoms with Crippen LogP contribution in [0.4, 0.5) is 5.82 Å². The highest BCUT2D eigenvalue weighted by Crippen LogP contribution is 2.20. The van der Waals surface area contributed by atoms with Gasteiger partial charge in [-0.05, 0) is 36.2 Å². The van der Waals surface area contributed by atoms with Crippen LogP contribution in [0.15, 0.2) is 42.6 Å². The molecule has 2 heterocycles. The summed E-state index contributed by atoms with van der Waals surface area (Å²) in [6.07, 6.45) is 1.69. The Morgan fingerprint density at radius 1 is 1.22 bits per heavy atom. The molecular formula is C21H24N4O2. The lowest BCUT2D eigenvalue weighted by molar-refractivity contribution is 0.0746. The number of ether oxygens (including phenoxy) is 1. The SMILES string of the molecule is CC(C)COc1cccc(C(=O)N2CCN(c3ncccc3C#N)CC2)c1. The highest BCUT2D eigenvalue weighted by molar-refractivity contribution is 5.94. The Labute approximate surface area is 160 Å². The number of rotatable bonds is 5. The van der Waals surface area contributed by atoms with Crippen LogP contribution < -0.4 is 9.64 Å². The Morgan fingerprint density at radius 3 is 2.70 bits per heavy atom. The Bertz CT molecular complexity index is 836. The van der Waals surface area contributed by atoms with Crippen LogP contribution >= 0.6 is 0 Å². The summed E-state index contributed by atoms with van der Waals surface area (Å²) in [6.45, 7) is 7.31. The molecule has 0 radical (unpaired) electrons. The van der Waals surface area contributed by atoms with E-state index in [-0.39, 0.29) is 5.91 Å². The van der Waals surface area contributed by atoms with E-state index in [2.05, 4.69) is 29.8 Å². The van der Waals surface area contributed by atoms with Crippen molar-refractivity contribution < 1.29 is 9.53 Å². The van der Waals surface area contributed by atoms with Crippen LogP contribution in [0.25, 0.3) is 0 Å². The number of hydrogen-bond acceptors (Lipinski definition) is 5. The maximum atomic E-state index is 12.8. The third kappa shape index (κ3) is 4.56. The van der Waals surface area contributed by atoms with Gasteiger partial charge in [-0.25, -0.2) is 4.98 Å². The van der Waals surface area contributed by atoms with E-state index in [0.29, 0.717) is 55.6 Å². The summed E-state index contributed by atoms with van der Waals surface area (Å²) in [6, 6.07) is 13.1. The fourth-order valence-corrected chi connectivity index (χ4v) is 3.02. The summed E-state index contributed by atoms with van der Waals surface area (Å²) in [7, 11) is 0. The van der Waals surface area contributed by atoms with Crippen LogP contribution in [0.2, 0.25) is 0 Å². The molecule has 27 heavy (non-hydrogen) atoms. The Morgan fingerprint density at radius 2 is 2.00 bits per heavy atom. The zero-order valence-corrected chi connectivity index (χ0v) is 15.8. The number of carbonyl (C=O) groups is 1. The van der Waals surface area contributed by atoms with Crippen molar-refractivity contribution in [3.05, 3.63) is 53.7 Å². The number of pyridine rings is 1. The molecule has 1 aromatic heterocycles. The van der Waals surface area contributed by atoms with Gasteiger partial charge in [0.05, 0.1) is 12.2 Å². The lowest BCUT2D eigenvalue weighted by atomic mass is 10.1. The predicted octanol–water partition coefficient (Wildman–Crippen LogP) is 2.95. The van der Waals surface area contributed by atoms with E-state index in [1.165, 1.54) is 0 Å². The van der Waals surface area contributed by atoms with Crippen molar-refractivity contribution in [3.63, 3.8) is 0 Å². The quantitative estimate of drug-likeness (QED) is 0.816. The smallest absolute Gasteiger partial charge is 0.254 e. The van der Waals surface area contributed by atoms with Crippen LogP contribution in [0.5, 0.6) is 5.75 Å². The maximum absolute atomic E-state index is 12.8. The first-order valence-electron chi connectivity index (χ1n) is 9.20. The minimum atomic E-state index is 0.00572. The molecular weight excluding hydrogens is 340 g/mol. The molecule has 6 heteroatoms. The molecule has 1 fully saturated rings. The van der Waals surface area contributed by atoms with Crippen LogP contribution in [0.3, 0.4) is 0 Å². The van der Waals surface area contributed by atoms with Crippen LogP contribution in [0.1, 0.15) is 29.8 Å². The molecule has 6 nitrogen and oxygen atoms in total. The topological polar surface area (TPSA) is 69.5 Å². The molecule has 1 aliphatic heterocycles. The van der Waals surface area contributed by atoms with Crippen molar-refractivity contribution in [2.75, 3.05) is 37.7 Å². The molecule has 2 aromatic rings. The zero-order chi connectivity index (χ0) is 19.2. The number of benzene rings is 1. The average molecular weight is 364 g/mol. The van der Waals surface area contributed by atoms with E-state index in [9.17, 15) is 10.1 Å². The van der Waals surface area contributed by atoms with E-state index in [1.807, 2.05) is 29.2 Å². The number of piperazine rings is 1. The van der Waals surface area contributed by atoms with Crippen molar-refractivity contribution in [3.8, 4) is 11.8 Å². The highest BCUT2D eigenvalue weighted by atomic mass is 16.5. The number of amides is 1. The number of carbonyl (C=O) groups excluding carboxylic acids is 1. The molecule has 0 bridgehead atoms. The van der Waals surface area contributed by atoms with Crippen molar-refractivity contribution in [1.29, 1.82) is 5.26 Å². The maximum Gasteiger partial charge on any atom is 0.254 e. The summed E-state index contributed by atoms with van der Waals surface area (Å²) in [5.74, 6) is 1.85. The summed E-state index contributed by atoms with van der Waals surface area (Å²) >= 11 is 0. The largest absolute Gasteiger partial charge is 0.493 e. The molecule has 0 atom stereocenters. The summed E-state index contributed by atoms with van der Waals surface area (Å²) in [4.78, 5) is 21.1. The van der Waals surface area contributed by atoms with Gasteiger partial charge in [-0.2, -0.15) is 5.26 Å². The predicted molar refractivity (Wildman–Crippen MR) is 104 cm³/mol. The molecule has 1 aromatic carbocycles. The van der Waals surface area contributed by atoms with Gasteiger partial charge >= 0.3 is 0 Å². The van der Waals surface area contributed by atoms with Gasteiger partial charge in [0, 0.05) is 37.9 Å². The molecule has 0 unspecified atom stereocenters. The van der Waals surface area contributed by atoms with Crippen molar-refractivity contribution in [2.24, 2.45) is 5.92 Å². The van der Waals surface area contributed by atoms with Gasteiger partial charge in [0.25, 0.3) is 5.91 Å². The molecule has 1 amide bonds. The first-order chi connectivity index (χ1) is 13.1. The Kier molecular flexibility index (Phi) is 5.92. The summed E-state index contributed by atoms with van der Waals surface area (Å²) in [5.41, 5.74) is 1.20. The molecule has 0 aliphatic carbocycles. The minimum Gasteiger partial charge on any atom is -0.493 e. The van der Waals surface area contributed by atoms with E-state index in [1.54, 1.807) is 18.3 Å². The molecule has 3 rings (SSSR count). The average Bonchev–Trinajstić information content (AvgIpc) is 2.72. The van der Waals surface area contributed by atoms with E-state index >= 15 is 0 Å². The van der Waals surface area contributed by atoms with Gasteiger partial charge in [0.2, 0.25) is 0 Å². The fraction of sp³-hybridized carbons (Fsp3) is 0.381. The zero-order valence-electron chi connectivity index (χ0n) is 15.8. The summed E-state index contributed by atoms with van der Waals surface area (Å²) < 4.78 is 5.73. The molecule has 0 spiro atoms. The Balaban J connectivity index is 1.63. The van der Waals surface area contributed by atoms with Gasteiger partial charge in [0.1, 0.15) is 17.6 Å². The Hall–Kier alpha value is -3.07. The molecule has 1 saturated heterocycles. The van der Waals surface area contributed by atoms with Crippen molar-refractivity contribution in [2.45, 2.75) is 13.8 Å². The van der Waals surface area contributed by atoms with E-state index in [4.69, 9.17) is 4.74 Å². The van der Waals surface area contributed by atoms with E-state index < -0.39 is 0 Å². The van der Waals surface area contributed by atoms with Crippen LogP contribution in [-0.4, -0.2) is 48.6 Å². The fourth-order valence-electron chi connectivity index (χ4n) is 3.02. The van der Waals surface area contributed by atoms with Crippen molar-refractivity contribution in [1.82, 2.24) is 9.88 Å². The standard InChI is InChI=1S/C21H24N4O2/c1-16(2)15-27-19-7-3-5-17(13-19)21(26)25-11-9-24(10-12-25)20-18(14-22)6-4-8-23-20/h3-8,13,16H,9-12,15H2,1-2H3.